The van der Waals surface area contributed by atoms with Crippen molar-refractivity contribution in [2.24, 2.45) is 0 Å². The summed E-state index contributed by atoms with van der Waals surface area (Å²) >= 11 is 3.22. The Hall–Kier alpha value is -1.41. The van der Waals surface area contributed by atoms with Crippen molar-refractivity contribution in [2.45, 2.75) is 30.0 Å². The van der Waals surface area contributed by atoms with Crippen LogP contribution in [0.1, 0.15) is 22.5 Å². The molecule has 1 amide bonds. The first kappa shape index (κ1) is 17.4. The van der Waals surface area contributed by atoms with Gasteiger partial charge in [-0.3, -0.25) is 9.69 Å². The fraction of sp³-hybridized carbons (Fsp3) is 0.412. The van der Waals surface area contributed by atoms with E-state index in [2.05, 4.69) is 15.2 Å². The smallest absolute Gasteiger partial charge is 0.251 e. The van der Waals surface area contributed by atoms with Crippen molar-refractivity contribution in [2.75, 3.05) is 19.3 Å². The predicted molar refractivity (Wildman–Crippen MR) is 97.5 cm³/mol. The summed E-state index contributed by atoms with van der Waals surface area (Å²) < 4.78 is 0. The zero-order valence-electron chi connectivity index (χ0n) is 13.5. The molecule has 0 unspecified atom stereocenters. The number of β-amino-alcohol motifs (C(OH)–C–C–N with tert-alkyl or cyclic N) is 1. The lowest BCUT2D eigenvalue weighted by Gasteiger charge is -2.35. The maximum atomic E-state index is 12.3. The highest BCUT2D eigenvalue weighted by Crippen LogP contribution is 2.17. The molecular weight excluding hydrogens is 342 g/mol. The van der Waals surface area contributed by atoms with Crippen LogP contribution in [0.2, 0.25) is 0 Å². The van der Waals surface area contributed by atoms with E-state index in [1.54, 1.807) is 23.1 Å². The zero-order valence-corrected chi connectivity index (χ0v) is 15.1. The molecule has 2 heterocycles. The summed E-state index contributed by atoms with van der Waals surface area (Å²) in [5.74, 6) is -0.125. The van der Waals surface area contributed by atoms with E-state index in [4.69, 9.17) is 0 Å². The van der Waals surface area contributed by atoms with Gasteiger partial charge in [0.2, 0.25) is 0 Å². The van der Waals surface area contributed by atoms with Gasteiger partial charge in [0.05, 0.1) is 23.4 Å². The van der Waals surface area contributed by atoms with Gasteiger partial charge in [-0.15, -0.1) is 23.1 Å². The predicted octanol–water partition coefficient (Wildman–Crippen LogP) is 2.23. The lowest BCUT2D eigenvalue weighted by atomic mass is 10.0. The van der Waals surface area contributed by atoms with Crippen LogP contribution in [0.3, 0.4) is 0 Å². The van der Waals surface area contributed by atoms with Crippen LogP contribution in [0, 0.1) is 0 Å². The van der Waals surface area contributed by atoms with E-state index < -0.39 is 6.10 Å². The Bertz CT molecular complexity index is 661. The molecule has 0 aliphatic carbocycles. The number of amides is 1. The topological polar surface area (TPSA) is 65.5 Å². The Morgan fingerprint density at radius 1 is 1.46 bits per heavy atom. The highest BCUT2D eigenvalue weighted by Gasteiger charge is 2.29. The second kappa shape index (κ2) is 8.11. The van der Waals surface area contributed by atoms with Crippen LogP contribution in [0.4, 0.5) is 0 Å². The SMILES string of the molecule is CSc1ccc(C(=O)N[C@@H]2CCN(Cc3cscn3)C[C@H]2O)cc1. The van der Waals surface area contributed by atoms with Crippen molar-refractivity contribution >= 4 is 29.0 Å². The van der Waals surface area contributed by atoms with Crippen molar-refractivity contribution in [3.05, 3.63) is 46.4 Å². The average Bonchev–Trinajstić information content (AvgIpc) is 3.10. The normalized spacial score (nSPS) is 21.6. The van der Waals surface area contributed by atoms with Crippen molar-refractivity contribution in [3.8, 4) is 0 Å². The number of thioether (sulfide) groups is 1. The van der Waals surface area contributed by atoms with Gasteiger partial charge >= 0.3 is 0 Å². The molecule has 0 radical (unpaired) electrons. The molecule has 3 rings (SSSR count). The van der Waals surface area contributed by atoms with E-state index in [9.17, 15) is 9.90 Å². The van der Waals surface area contributed by atoms with Gasteiger partial charge in [0.25, 0.3) is 5.91 Å². The van der Waals surface area contributed by atoms with E-state index in [-0.39, 0.29) is 11.9 Å². The van der Waals surface area contributed by atoms with Crippen LogP contribution in [0.5, 0.6) is 0 Å². The summed E-state index contributed by atoms with van der Waals surface area (Å²) in [5.41, 5.74) is 3.48. The summed E-state index contributed by atoms with van der Waals surface area (Å²) in [4.78, 5) is 19.9. The Balaban J connectivity index is 1.53. The van der Waals surface area contributed by atoms with Crippen LogP contribution in [-0.4, -0.2) is 52.4 Å². The van der Waals surface area contributed by atoms with Crippen LogP contribution < -0.4 is 5.32 Å². The maximum Gasteiger partial charge on any atom is 0.251 e. The summed E-state index contributed by atoms with van der Waals surface area (Å²) in [6.07, 6.45) is 2.18. The van der Waals surface area contributed by atoms with E-state index in [0.717, 1.165) is 30.1 Å². The first-order chi connectivity index (χ1) is 11.7. The molecule has 5 nitrogen and oxygen atoms in total. The van der Waals surface area contributed by atoms with Gasteiger partial charge < -0.3 is 10.4 Å². The number of likely N-dealkylation sites (tertiary alicyclic amines) is 1. The van der Waals surface area contributed by atoms with E-state index in [1.807, 2.05) is 41.4 Å². The Kier molecular flexibility index (Phi) is 5.89. The molecule has 1 aromatic carbocycles. The van der Waals surface area contributed by atoms with E-state index >= 15 is 0 Å². The Morgan fingerprint density at radius 2 is 2.25 bits per heavy atom. The number of benzene rings is 1. The first-order valence-corrected chi connectivity index (χ1v) is 10.0. The molecule has 0 bridgehead atoms. The highest BCUT2D eigenvalue weighted by atomic mass is 32.2. The van der Waals surface area contributed by atoms with Crippen LogP contribution in [0.15, 0.2) is 40.1 Å². The molecule has 1 saturated heterocycles. The van der Waals surface area contributed by atoms with Crippen LogP contribution >= 0.6 is 23.1 Å². The third-order valence-corrected chi connectivity index (χ3v) is 5.58. The minimum atomic E-state index is -0.563. The van der Waals surface area contributed by atoms with Gasteiger partial charge in [0, 0.05) is 35.5 Å². The molecule has 7 heteroatoms. The summed E-state index contributed by atoms with van der Waals surface area (Å²) in [6, 6.07) is 7.32. The molecule has 128 valence electrons. The Labute approximate surface area is 150 Å². The fourth-order valence-electron chi connectivity index (χ4n) is 2.85. The Morgan fingerprint density at radius 3 is 2.88 bits per heavy atom. The minimum Gasteiger partial charge on any atom is -0.390 e. The number of aliphatic hydroxyl groups is 1. The van der Waals surface area contributed by atoms with Gasteiger partial charge in [-0.2, -0.15) is 0 Å². The standard InChI is InChI=1S/C17H21N3O2S2/c1-23-14-4-2-12(3-5-14)17(22)19-15-6-7-20(9-16(15)21)8-13-10-24-11-18-13/h2-5,10-11,15-16,21H,6-9H2,1H3,(H,19,22)/t15-,16-/m1/s1. The number of carbonyl (C=O) groups excluding carboxylic acids is 1. The molecule has 0 spiro atoms. The zero-order chi connectivity index (χ0) is 16.9. The van der Waals surface area contributed by atoms with E-state index in [1.165, 1.54) is 0 Å². The van der Waals surface area contributed by atoms with Gasteiger partial charge in [0.15, 0.2) is 0 Å². The van der Waals surface area contributed by atoms with Crippen molar-refractivity contribution in [1.29, 1.82) is 0 Å². The number of aromatic nitrogens is 1. The van der Waals surface area contributed by atoms with Gasteiger partial charge in [-0.25, -0.2) is 4.98 Å². The molecule has 24 heavy (non-hydrogen) atoms. The monoisotopic (exact) mass is 363 g/mol. The molecule has 1 aromatic heterocycles. The molecule has 2 N–H and O–H groups in total. The van der Waals surface area contributed by atoms with Crippen molar-refractivity contribution in [1.82, 2.24) is 15.2 Å². The maximum absolute atomic E-state index is 12.3. The lowest BCUT2D eigenvalue weighted by Crippen LogP contribution is -2.53. The number of hydrogen-bond donors (Lipinski definition) is 2. The number of rotatable bonds is 5. The third kappa shape index (κ3) is 4.36. The second-order valence-electron chi connectivity index (χ2n) is 5.88. The third-order valence-electron chi connectivity index (χ3n) is 4.20. The molecule has 1 aliphatic heterocycles. The number of carbonyl (C=O) groups is 1. The number of nitrogens with one attached hydrogen (secondary N) is 1. The molecular formula is C17H21N3O2S2. The van der Waals surface area contributed by atoms with Crippen LogP contribution in [-0.2, 0) is 6.54 Å². The molecule has 2 atom stereocenters. The summed E-state index contributed by atoms with van der Waals surface area (Å²) in [6.45, 7) is 2.14. The first-order valence-electron chi connectivity index (χ1n) is 7.88. The molecule has 0 saturated carbocycles. The number of thiazole rings is 1. The van der Waals surface area contributed by atoms with Crippen molar-refractivity contribution in [3.63, 3.8) is 0 Å². The number of piperidine rings is 1. The number of aliphatic hydroxyl groups excluding tert-OH is 1. The molecule has 1 aliphatic rings. The highest BCUT2D eigenvalue weighted by molar-refractivity contribution is 7.98. The average molecular weight is 364 g/mol. The quantitative estimate of drug-likeness (QED) is 0.798. The second-order valence-corrected chi connectivity index (χ2v) is 7.48. The van der Waals surface area contributed by atoms with E-state index in [0.29, 0.717) is 12.1 Å². The fourth-order valence-corrected chi connectivity index (χ4v) is 3.81. The summed E-state index contributed by atoms with van der Waals surface area (Å²) in [5, 5.41) is 15.4. The molecule has 2 aromatic rings. The van der Waals surface area contributed by atoms with Gasteiger partial charge in [-0.1, -0.05) is 0 Å². The molecule has 1 fully saturated rings. The largest absolute Gasteiger partial charge is 0.390 e. The van der Waals surface area contributed by atoms with Gasteiger partial charge in [-0.05, 0) is 36.9 Å². The number of nitrogens with zero attached hydrogens (tertiary/aromatic N) is 2. The van der Waals surface area contributed by atoms with Gasteiger partial charge in [0.1, 0.15) is 0 Å². The lowest BCUT2D eigenvalue weighted by molar-refractivity contribution is 0.0346. The number of hydrogen-bond acceptors (Lipinski definition) is 6. The minimum absolute atomic E-state index is 0.125. The summed E-state index contributed by atoms with van der Waals surface area (Å²) in [7, 11) is 0. The van der Waals surface area contributed by atoms with Crippen molar-refractivity contribution < 1.29 is 9.90 Å². The van der Waals surface area contributed by atoms with Crippen LogP contribution in [0.25, 0.3) is 0 Å².